The summed E-state index contributed by atoms with van der Waals surface area (Å²) >= 11 is 13.0. The summed E-state index contributed by atoms with van der Waals surface area (Å²) in [7, 11) is 2.63. The van der Waals surface area contributed by atoms with Gasteiger partial charge in [0.25, 0.3) is 5.56 Å². The number of benzene rings is 2. The molecule has 0 aliphatic carbocycles. The molecule has 3 rings (SSSR count). The molecule has 0 spiro atoms. The largest absolute Gasteiger partial charge is 0.494 e. The number of hydrogen-bond donors (Lipinski definition) is 2. The van der Waals surface area contributed by atoms with Gasteiger partial charge in [-0.05, 0) is 24.3 Å². The maximum absolute atomic E-state index is 12.8. The predicted molar refractivity (Wildman–Crippen MR) is 129 cm³/mol. The van der Waals surface area contributed by atoms with Crippen LogP contribution in [0.4, 0.5) is 11.4 Å². The number of aliphatic imine (C=N–C) groups is 1. The third-order valence-corrected chi connectivity index (χ3v) is 6.19. The van der Waals surface area contributed by atoms with Crippen molar-refractivity contribution in [1.29, 1.82) is 0 Å². The second kappa shape index (κ2) is 10.1. The second-order valence-corrected chi connectivity index (χ2v) is 8.34. The Morgan fingerprint density at radius 2 is 1.75 bits per heavy atom. The number of carbonyl (C=O) groups excluding carboxylic acids is 1. The highest BCUT2D eigenvalue weighted by Gasteiger charge is 2.22. The average molecular weight is 493 g/mol. The lowest BCUT2D eigenvalue weighted by Crippen LogP contribution is -2.39. The molecule has 0 aliphatic heterocycles. The lowest BCUT2D eigenvalue weighted by Gasteiger charge is -2.13. The fourth-order valence-corrected chi connectivity index (χ4v) is 3.90. The number of thioether (sulfide) groups is 1. The van der Waals surface area contributed by atoms with Crippen LogP contribution in [0.25, 0.3) is 0 Å². The number of nitrogens with one attached hydrogen (secondary N) is 1. The van der Waals surface area contributed by atoms with Crippen LogP contribution in [-0.2, 0) is 18.9 Å². The Morgan fingerprint density at radius 1 is 1.06 bits per heavy atom. The van der Waals surface area contributed by atoms with E-state index < -0.39 is 23.0 Å². The van der Waals surface area contributed by atoms with Gasteiger partial charge in [-0.15, -0.1) is 0 Å². The molecule has 1 amide bonds. The van der Waals surface area contributed by atoms with E-state index >= 15 is 0 Å². The minimum Gasteiger partial charge on any atom is -0.494 e. The number of amides is 1. The molecule has 3 aromatic rings. The topological polar surface area (TPSA) is 106 Å². The average Bonchev–Trinajstić information content (AvgIpc) is 2.78. The summed E-state index contributed by atoms with van der Waals surface area (Å²) < 4.78 is 1.80. The third-order valence-electron chi connectivity index (χ3n) is 4.40. The monoisotopic (exact) mass is 492 g/mol. The molecule has 0 bridgehead atoms. The van der Waals surface area contributed by atoms with Crippen LogP contribution in [0, 0.1) is 0 Å². The Hall–Kier alpha value is -3.01. The van der Waals surface area contributed by atoms with Gasteiger partial charge < -0.3 is 10.4 Å². The summed E-state index contributed by atoms with van der Waals surface area (Å²) in [5.41, 5.74) is -0.757. The van der Waals surface area contributed by atoms with Crippen LogP contribution in [0.3, 0.4) is 0 Å². The molecule has 1 aromatic heterocycles. The molecule has 11 heteroatoms. The van der Waals surface area contributed by atoms with Crippen molar-refractivity contribution >= 4 is 57.3 Å². The lowest BCUT2D eigenvalue weighted by atomic mass is 10.3. The van der Waals surface area contributed by atoms with E-state index in [2.05, 4.69) is 10.3 Å². The highest BCUT2D eigenvalue weighted by atomic mass is 35.5. The van der Waals surface area contributed by atoms with E-state index in [1.54, 1.807) is 48.5 Å². The fourth-order valence-electron chi connectivity index (χ4n) is 2.72. The zero-order valence-electron chi connectivity index (χ0n) is 17.0. The van der Waals surface area contributed by atoms with Crippen molar-refractivity contribution in [3.63, 3.8) is 0 Å². The van der Waals surface area contributed by atoms with E-state index in [1.807, 2.05) is 0 Å². The number of para-hydroxylation sites is 1. The number of aromatic nitrogens is 2. The third kappa shape index (κ3) is 5.07. The number of nitrogens with zero attached hydrogens (tertiary/aromatic N) is 3. The van der Waals surface area contributed by atoms with Gasteiger partial charge in [0.15, 0.2) is 0 Å². The first-order valence-corrected chi connectivity index (χ1v) is 10.9. The number of rotatable bonds is 5. The van der Waals surface area contributed by atoms with Crippen molar-refractivity contribution in [2.24, 2.45) is 19.1 Å². The maximum atomic E-state index is 12.8. The van der Waals surface area contributed by atoms with Crippen LogP contribution in [-0.4, -0.2) is 30.9 Å². The molecule has 8 nitrogen and oxygen atoms in total. The van der Waals surface area contributed by atoms with Crippen LogP contribution < -0.4 is 16.6 Å². The Bertz CT molecular complexity index is 1320. The van der Waals surface area contributed by atoms with E-state index in [1.165, 1.54) is 14.1 Å². The van der Waals surface area contributed by atoms with E-state index in [0.29, 0.717) is 16.4 Å². The van der Waals surface area contributed by atoms with E-state index in [9.17, 15) is 19.5 Å². The molecule has 0 saturated carbocycles. The van der Waals surface area contributed by atoms with Crippen molar-refractivity contribution in [3.05, 3.63) is 85.0 Å². The van der Waals surface area contributed by atoms with Crippen LogP contribution >= 0.6 is 35.0 Å². The molecule has 2 aromatic carbocycles. The zero-order valence-corrected chi connectivity index (χ0v) is 19.3. The summed E-state index contributed by atoms with van der Waals surface area (Å²) in [4.78, 5) is 41.8. The SMILES string of the molecule is Cn1c(O)c(C(=Nc2ccccc2)SCC(=O)Nc2cccc(Cl)c2Cl)c(=O)n(C)c1=O. The molecule has 0 unspecified atom stereocenters. The number of hydrogen-bond acceptors (Lipinski definition) is 6. The van der Waals surface area contributed by atoms with Gasteiger partial charge in [0.1, 0.15) is 10.6 Å². The van der Waals surface area contributed by atoms with Gasteiger partial charge in [0, 0.05) is 14.1 Å². The summed E-state index contributed by atoms with van der Waals surface area (Å²) in [6.07, 6.45) is 0. The molecule has 1 heterocycles. The quantitative estimate of drug-likeness (QED) is 0.418. The summed E-state index contributed by atoms with van der Waals surface area (Å²) in [6.45, 7) is 0. The molecule has 0 atom stereocenters. The smallest absolute Gasteiger partial charge is 0.333 e. The molecule has 32 heavy (non-hydrogen) atoms. The first-order chi connectivity index (χ1) is 15.2. The van der Waals surface area contributed by atoms with Gasteiger partial charge in [-0.1, -0.05) is 59.2 Å². The van der Waals surface area contributed by atoms with Gasteiger partial charge in [-0.2, -0.15) is 0 Å². The van der Waals surface area contributed by atoms with Crippen molar-refractivity contribution in [3.8, 4) is 5.88 Å². The van der Waals surface area contributed by atoms with E-state index in [-0.39, 0.29) is 21.4 Å². The maximum Gasteiger partial charge on any atom is 0.333 e. The Balaban J connectivity index is 1.97. The Morgan fingerprint density at radius 3 is 2.44 bits per heavy atom. The lowest BCUT2D eigenvalue weighted by molar-refractivity contribution is -0.113. The van der Waals surface area contributed by atoms with Crippen molar-refractivity contribution in [2.75, 3.05) is 11.1 Å². The molecule has 0 radical (unpaired) electrons. The molecule has 0 fully saturated rings. The molecular formula is C21H18Cl2N4O4S. The van der Waals surface area contributed by atoms with Crippen molar-refractivity contribution in [1.82, 2.24) is 9.13 Å². The second-order valence-electron chi connectivity index (χ2n) is 6.60. The van der Waals surface area contributed by atoms with E-state index in [4.69, 9.17) is 23.2 Å². The van der Waals surface area contributed by atoms with Crippen LogP contribution in [0.5, 0.6) is 5.88 Å². The van der Waals surface area contributed by atoms with Gasteiger partial charge in [0.2, 0.25) is 11.8 Å². The number of carbonyl (C=O) groups is 1. The first-order valence-electron chi connectivity index (χ1n) is 9.20. The minimum absolute atomic E-state index is 0.0808. The van der Waals surface area contributed by atoms with Crippen LogP contribution in [0.15, 0.2) is 63.1 Å². The highest BCUT2D eigenvalue weighted by Crippen LogP contribution is 2.30. The summed E-state index contributed by atoms with van der Waals surface area (Å²) in [6, 6.07) is 13.6. The van der Waals surface area contributed by atoms with Crippen molar-refractivity contribution < 1.29 is 9.90 Å². The van der Waals surface area contributed by atoms with Crippen LogP contribution in [0.1, 0.15) is 5.56 Å². The number of aromatic hydroxyl groups is 1. The predicted octanol–water partition coefficient (Wildman–Crippen LogP) is 3.55. The molecular weight excluding hydrogens is 475 g/mol. The van der Waals surface area contributed by atoms with Crippen LogP contribution in [0.2, 0.25) is 10.0 Å². The van der Waals surface area contributed by atoms with Gasteiger partial charge >= 0.3 is 5.69 Å². The highest BCUT2D eigenvalue weighted by molar-refractivity contribution is 8.15. The first kappa shape index (κ1) is 23.6. The summed E-state index contributed by atoms with van der Waals surface area (Å²) in [5.74, 6) is -1.13. The standard InChI is InChI=1S/C21H18Cl2N4O4S/c1-26-19(29)16(20(30)27(2)21(26)31)18(24-12-7-4-3-5-8-12)32-11-15(28)25-14-10-6-9-13(22)17(14)23/h3-10,29H,11H2,1-2H3,(H,25,28). The van der Waals surface area contributed by atoms with E-state index in [0.717, 1.165) is 20.9 Å². The van der Waals surface area contributed by atoms with Gasteiger partial charge in [-0.25, -0.2) is 9.79 Å². The van der Waals surface area contributed by atoms with Gasteiger partial charge in [0.05, 0.1) is 27.2 Å². The fraction of sp³-hybridized carbons (Fsp3) is 0.143. The Labute approximate surface area is 197 Å². The molecule has 166 valence electrons. The number of anilines is 1. The van der Waals surface area contributed by atoms with Crippen molar-refractivity contribution in [2.45, 2.75) is 0 Å². The normalized spacial score (nSPS) is 11.4. The Kier molecular flexibility index (Phi) is 7.44. The molecule has 2 N–H and O–H groups in total. The minimum atomic E-state index is -0.730. The van der Waals surface area contributed by atoms with Gasteiger partial charge in [-0.3, -0.25) is 18.7 Å². The number of halogens is 2. The molecule has 0 aliphatic rings. The zero-order chi connectivity index (χ0) is 23.4. The molecule has 0 saturated heterocycles. The summed E-state index contributed by atoms with van der Waals surface area (Å²) in [5, 5.41) is 13.8.